The number of thiazole rings is 1. The van der Waals surface area contributed by atoms with Crippen molar-refractivity contribution in [2.45, 2.75) is 43.9 Å². The SMILES string of the molecule is CO[C@H]1[C@H](NC(=O)CSC)c2ccccc2C12CCN(Cc1c(C)nc3sccn13)CC2. The lowest BCUT2D eigenvalue weighted by molar-refractivity contribution is -0.121. The van der Waals surface area contributed by atoms with Gasteiger partial charge >= 0.3 is 0 Å². The summed E-state index contributed by atoms with van der Waals surface area (Å²) < 4.78 is 8.36. The number of ether oxygens (including phenoxy) is 1. The topological polar surface area (TPSA) is 58.9 Å². The van der Waals surface area contributed by atoms with Gasteiger partial charge in [0.25, 0.3) is 0 Å². The van der Waals surface area contributed by atoms with E-state index in [1.807, 2.05) is 6.26 Å². The Balaban J connectivity index is 1.38. The minimum absolute atomic E-state index is 0.0480. The molecule has 3 heterocycles. The standard InChI is InChI=1S/C24H30N4O2S2/c1-16-19(28-12-13-32-23(28)25-16)14-27-10-8-24(9-11-27)18-7-5-4-6-17(18)21(22(24)30-2)26-20(29)15-31-3/h4-7,12-13,21-22H,8-11,14-15H2,1-3H3,(H,26,29)/t21-,22+/m1/s1. The molecule has 1 fully saturated rings. The molecule has 8 heteroatoms. The van der Waals surface area contributed by atoms with Gasteiger partial charge in [-0.1, -0.05) is 24.3 Å². The number of hydrogen-bond donors (Lipinski definition) is 1. The van der Waals surface area contributed by atoms with E-state index in [9.17, 15) is 4.79 Å². The van der Waals surface area contributed by atoms with Crippen molar-refractivity contribution in [1.82, 2.24) is 19.6 Å². The molecule has 0 radical (unpaired) electrons. The fourth-order valence-corrected chi connectivity index (χ4v) is 6.85. The lowest BCUT2D eigenvalue weighted by Gasteiger charge is -2.44. The molecule has 32 heavy (non-hydrogen) atoms. The van der Waals surface area contributed by atoms with Gasteiger partial charge in [-0.05, 0) is 50.2 Å². The number of rotatable bonds is 6. The van der Waals surface area contributed by atoms with Gasteiger partial charge in [0.2, 0.25) is 5.91 Å². The molecule has 1 spiro atoms. The first-order chi connectivity index (χ1) is 15.6. The second-order valence-corrected chi connectivity index (χ2v) is 10.6. The van der Waals surface area contributed by atoms with E-state index in [-0.39, 0.29) is 23.5 Å². The van der Waals surface area contributed by atoms with Crippen molar-refractivity contribution < 1.29 is 9.53 Å². The summed E-state index contributed by atoms with van der Waals surface area (Å²) in [4.78, 5) is 20.8. The largest absolute Gasteiger partial charge is 0.378 e. The molecule has 1 N–H and O–H groups in total. The molecule has 1 aromatic carbocycles. The van der Waals surface area contributed by atoms with Crippen molar-refractivity contribution in [2.75, 3.05) is 32.2 Å². The van der Waals surface area contributed by atoms with Crippen LogP contribution in [-0.2, 0) is 21.5 Å². The summed E-state index contributed by atoms with van der Waals surface area (Å²) in [5.74, 6) is 0.544. The average molecular weight is 471 g/mol. The predicted molar refractivity (Wildman–Crippen MR) is 130 cm³/mol. The van der Waals surface area contributed by atoms with Crippen molar-refractivity contribution in [2.24, 2.45) is 0 Å². The van der Waals surface area contributed by atoms with Crippen molar-refractivity contribution in [3.63, 3.8) is 0 Å². The number of aromatic nitrogens is 2. The first-order valence-corrected chi connectivity index (χ1v) is 13.4. The van der Waals surface area contributed by atoms with Crippen LogP contribution in [0, 0.1) is 6.92 Å². The van der Waals surface area contributed by atoms with E-state index in [2.05, 4.69) is 57.4 Å². The predicted octanol–water partition coefficient (Wildman–Crippen LogP) is 3.79. The molecule has 0 bridgehead atoms. The number of benzene rings is 1. The Hall–Kier alpha value is -1.87. The Morgan fingerprint density at radius 1 is 1.34 bits per heavy atom. The number of nitrogens with one attached hydrogen (secondary N) is 1. The maximum Gasteiger partial charge on any atom is 0.230 e. The van der Waals surface area contributed by atoms with Crippen LogP contribution < -0.4 is 5.32 Å². The molecule has 1 aliphatic heterocycles. The van der Waals surface area contributed by atoms with Crippen LogP contribution >= 0.6 is 23.1 Å². The van der Waals surface area contributed by atoms with E-state index < -0.39 is 0 Å². The smallest absolute Gasteiger partial charge is 0.230 e. The molecule has 6 nitrogen and oxygen atoms in total. The normalized spacial score (nSPS) is 22.5. The van der Waals surface area contributed by atoms with Gasteiger partial charge in [0.15, 0.2) is 4.96 Å². The number of imidazole rings is 1. The molecule has 3 aromatic rings. The van der Waals surface area contributed by atoms with Gasteiger partial charge < -0.3 is 10.1 Å². The van der Waals surface area contributed by atoms with Crippen LogP contribution in [-0.4, -0.2) is 58.5 Å². The maximum absolute atomic E-state index is 12.5. The number of piperidine rings is 1. The van der Waals surface area contributed by atoms with E-state index in [1.54, 1.807) is 30.2 Å². The van der Waals surface area contributed by atoms with Crippen LogP contribution in [0.1, 0.15) is 41.4 Å². The number of methoxy groups -OCH3 is 1. The number of carbonyl (C=O) groups excluding carboxylic acids is 1. The number of thioether (sulfide) groups is 1. The minimum atomic E-state index is -0.0927. The molecule has 2 atom stereocenters. The third-order valence-electron chi connectivity index (χ3n) is 7.21. The Morgan fingerprint density at radius 3 is 2.88 bits per heavy atom. The van der Waals surface area contributed by atoms with Gasteiger partial charge in [-0.25, -0.2) is 4.98 Å². The summed E-state index contributed by atoms with van der Waals surface area (Å²) in [5, 5.41) is 5.37. The van der Waals surface area contributed by atoms with E-state index in [4.69, 9.17) is 9.72 Å². The molecular weight excluding hydrogens is 440 g/mol. The fraction of sp³-hybridized carbons (Fsp3) is 0.500. The monoisotopic (exact) mass is 470 g/mol. The zero-order chi connectivity index (χ0) is 22.3. The van der Waals surface area contributed by atoms with Crippen molar-refractivity contribution >= 4 is 34.0 Å². The van der Waals surface area contributed by atoms with Crippen LogP contribution in [0.25, 0.3) is 4.96 Å². The van der Waals surface area contributed by atoms with Gasteiger partial charge in [-0.15, -0.1) is 11.3 Å². The first-order valence-electron chi connectivity index (χ1n) is 11.1. The van der Waals surface area contributed by atoms with Crippen LogP contribution in [0.2, 0.25) is 0 Å². The number of amides is 1. The van der Waals surface area contributed by atoms with E-state index in [1.165, 1.54) is 16.8 Å². The van der Waals surface area contributed by atoms with Crippen LogP contribution in [0.4, 0.5) is 0 Å². The molecule has 170 valence electrons. The van der Waals surface area contributed by atoms with Crippen molar-refractivity contribution in [3.8, 4) is 0 Å². The van der Waals surface area contributed by atoms with Crippen molar-refractivity contribution in [1.29, 1.82) is 0 Å². The zero-order valence-electron chi connectivity index (χ0n) is 18.8. The lowest BCUT2D eigenvalue weighted by Crippen LogP contribution is -2.50. The summed E-state index contributed by atoms with van der Waals surface area (Å²) in [6.07, 6.45) is 6.06. The first kappa shape index (κ1) is 21.9. The van der Waals surface area contributed by atoms with E-state index >= 15 is 0 Å². The minimum Gasteiger partial charge on any atom is -0.378 e. The molecule has 2 aromatic heterocycles. The van der Waals surface area contributed by atoms with E-state index in [0.717, 1.165) is 43.1 Å². The second kappa shape index (κ2) is 8.82. The Labute approximate surface area is 197 Å². The zero-order valence-corrected chi connectivity index (χ0v) is 20.5. The number of fused-ring (bicyclic) bond motifs is 3. The van der Waals surface area contributed by atoms with Gasteiger partial charge in [0.05, 0.1) is 29.3 Å². The van der Waals surface area contributed by atoms with Gasteiger partial charge in [-0.2, -0.15) is 11.8 Å². The second-order valence-electron chi connectivity index (χ2n) is 8.85. The molecule has 0 unspecified atom stereocenters. The summed E-state index contributed by atoms with van der Waals surface area (Å²) in [7, 11) is 1.79. The van der Waals surface area contributed by atoms with Gasteiger partial charge in [-0.3, -0.25) is 14.1 Å². The number of hydrogen-bond acceptors (Lipinski definition) is 6. The summed E-state index contributed by atoms with van der Waals surface area (Å²) >= 11 is 3.23. The fourth-order valence-electron chi connectivity index (χ4n) is 5.73. The third-order valence-corrected chi connectivity index (χ3v) is 8.52. The highest BCUT2D eigenvalue weighted by Crippen LogP contribution is 2.52. The summed E-state index contributed by atoms with van der Waals surface area (Å²) in [5.41, 5.74) is 4.91. The highest BCUT2D eigenvalue weighted by atomic mass is 32.2. The number of nitrogens with zero attached hydrogens (tertiary/aromatic N) is 3. The molecule has 5 rings (SSSR count). The number of aryl methyl sites for hydroxylation is 1. The molecule has 2 aliphatic rings. The summed E-state index contributed by atoms with van der Waals surface area (Å²) in [6, 6.07) is 8.50. The molecular formula is C24H30N4O2S2. The summed E-state index contributed by atoms with van der Waals surface area (Å²) in [6.45, 7) is 5.01. The highest BCUT2D eigenvalue weighted by molar-refractivity contribution is 7.99. The Bertz CT molecular complexity index is 1120. The number of likely N-dealkylation sites (tertiary alicyclic amines) is 1. The number of carbonyl (C=O) groups is 1. The van der Waals surface area contributed by atoms with Crippen LogP contribution in [0.15, 0.2) is 35.8 Å². The van der Waals surface area contributed by atoms with E-state index in [0.29, 0.717) is 5.75 Å². The highest BCUT2D eigenvalue weighted by Gasteiger charge is 2.53. The molecule has 0 saturated carbocycles. The van der Waals surface area contributed by atoms with Gasteiger partial charge in [0, 0.05) is 30.6 Å². The molecule has 1 amide bonds. The Morgan fingerprint density at radius 2 is 2.12 bits per heavy atom. The Kier molecular flexibility index (Phi) is 6.05. The quantitative estimate of drug-likeness (QED) is 0.594. The van der Waals surface area contributed by atoms with Crippen molar-refractivity contribution in [3.05, 3.63) is 58.4 Å². The molecule has 1 saturated heterocycles. The molecule has 1 aliphatic carbocycles. The maximum atomic E-state index is 12.5. The van der Waals surface area contributed by atoms with Crippen LogP contribution in [0.5, 0.6) is 0 Å². The lowest BCUT2D eigenvalue weighted by atomic mass is 9.72. The van der Waals surface area contributed by atoms with Crippen LogP contribution in [0.3, 0.4) is 0 Å². The van der Waals surface area contributed by atoms with Gasteiger partial charge in [0.1, 0.15) is 0 Å². The average Bonchev–Trinajstić information content (AvgIpc) is 3.43. The third kappa shape index (κ3) is 3.57.